The molecule has 1 aliphatic heterocycles. The van der Waals surface area contributed by atoms with Crippen molar-refractivity contribution in [1.82, 2.24) is 14.5 Å². The van der Waals surface area contributed by atoms with Gasteiger partial charge in [-0.05, 0) is 6.07 Å². The molecule has 0 aromatic carbocycles. The van der Waals surface area contributed by atoms with Crippen LogP contribution in [0.4, 0.5) is 5.82 Å². The summed E-state index contributed by atoms with van der Waals surface area (Å²) in [6, 6.07) is 1.93. The predicted octanol–water partition coefficient (Wildman–Crippen LogP) is 1.07. The maximum absolute atomic E-state index is 6.18. The fraction of sp³-hybridized carbons (Fsp3) is 0.625. The molecule has 0 spiro atoms. The third-order valence-electron chi connectivity index (χ3n) is 4.33. The van der Waals surface area contributed by atoms with Gasteiger partial charge in [0.05, 0.1) is 18.5 Å². The number of imidazole rings is 1. The van der Waals surface area contributed by atoms with E-state index < -0.39 is 0 Å². The van der Waals surface area contributed by atoms with E-state index in [-0.39, 0.29) is 24.5 Å². The standard InChI is InChI=1S/C16H24N4O4/c1-19(2)15-12-10(6-7-17-15)20(9-18-12)16-14(23-5)13(22-4)11(24-16)8-21-3/h6-7,9,11,13-14,16H,8H2,1-5H3. The monoisotopic (exact) mass is 336 g/mol. The van der Waals surface area contributed by atoms with Gasteiger partial charge in [-0.3, -0.25) is 0 Å². The molecule has 0 N–H and O–H groups in total. The van der Waals surface area contributed by atoms with Gasteiger partial charge in [0.1, 0.15) is 23.8 Å². The van der Waals surface area contributed by atoms with Crippen molar-refractivity contribution in [2.24, 2.45) is 0 Å². The number of hydrogen-bond donors (Lipinski definition) is 0. The summed E-state index contributed by atoms with van der Waals surface area (Å²) >= 11 is 0. The van der Waals surface area contributed by atoms with E-state index in [2.05, 4.69) is 9.97 Å². The molecule has 24 heavy (non-hydrogen) atoms. The van der Waals surface area contributed by atoms with E-state index in [9.17, 15) is 0 Å². The number of fused-ring (bicyclic) bond motifs is 1. The van der Waals surface area contributed by atoms with Gasteiger partial charge >= 0.3 is 0 Å². The van der Waals surface area contributed by atoms with Crippen molar-refractivity contribution < 1.29 is 18.9 Å². The van der Waals surface area contributed by atoms with E-state index in [0.29, 0.717) is 6.61 Å². The van der Waals surface area contributed by atoms with Gasteiger partial charge < -0.3 is 28.4 Å². The summed E-state index contributed by atoms with van der Waals surface area (Å²) in [7, 11) is 8.85. The molecular formula is C16H24N4O4. The van der Waals surface area contributed by atoms with Crippen LogP contribution in [0.15, 0.2) is 18.6 Å². The molecule has 1 saturated heterocycles. The number of nitrogens with zero attached hydrogens (tertiary/aromatic N) is 4. The van der Waals surface area contributed by atoms with Crippen LogP contribution in [0.25, 0.3) is 11.0 Å². The molecule has 8 heteroatoms. The maximum Gasteiger partial charge on any atom is 0.164 e. The predicted molar refractivity (Wildman–Crippen MR) is 89.2 cm³/mol. The van der Waals surface area contributed by atoms with Gasteiger partial charge in [0, 0.05) is 41.6 Å². The van der Waals surface area contributed by atoms with Crippen LogP contribution in [0.2, 0.25) is 0 Å². The lowest BCUT2D eigenvalue weighted by Gasteiger charge is -2.22. The van der Waals surface area contributed by atoms with Gasteiger partial charge in [0.25, 0.3) is 0 Å². The lowest BCUT2D eigenvalue weighted by atomic mass is 10.1. The van der Waals surface area contributed by atoms with E-state index in [1.165, 1.54) is 0 Å². The van der Waals surface area contributed by atoms with E-state index in [1.54, 1.807) is 33.9 Å². The molecule has 3 rings (SSSR count). The zero-order valence-electron chi connectivity index (χ0n) is 14.7. The first-order valence-electron chi connectivity index (χ1n) is 7.81. The Bertz CT molecular complexity index is 690. The number of ether oxygens (including phenoxy) is 4. The van der Waals surface area contributed by atoms with E-state index in [0.717, 1.165) is 16.9 Å². The van der Waals surface area contributed by atoms with E-state index in [1.807, 2.05) is 29.6 Å². The molecule has 0 bridgehead atoms. The van der Waals surface area contributed by atoms with Gasteiger partial charge in [-0.15, -0.1) is 0 Å². The molecule has 0 aliphatic carbocycles. The van der Waals surface area contributed by atoms with Gasteiger partial charge in [0.15, 0.2) is 12.0 Å². The Morgan fingerprint density at radius 3 is 2.54 bits per heavy atom. The van der Waals surface area contributed by atoms with Gasteiger partial charge in [-0.2, -0.15) is 0 Å². The summed E-state index contributed by atoms with van der Waals surface area (Å²) < 4.78 is 24.7. The Morgan fingerprint density at radius 1 is 1.17 bits per heavy atom. The summed E-state index contributed by atoms with van der Waals surface area (Å²) in [5.74, 6) is 0.815. The number of anilines is 1. The quantitative estimate of drug-likeness (QED) is 0.781. The Morgan fingerprint density at radius 2 is 1.92 bits per heavy atom. The second kappa shape index (κ2) is 7.02. The highest BCUT2D eigenvalue weighted by atomic mass is 16.6. The fourth-order valence-electron chi connectivity index (χ4n) is 3.24. The lowest BCUT2D eigenvalue weighted by molar-refractivity contribution is -0.0634. The first-order valence-corrected chi connectivity index (χ1v) is 7.81. The highest BCUT2D eigenvalue weighted by Gasteiger charge is 2.46. The number of hydrogen-bond acceptors (Lipinski definition) is 7. The van der Waals surface area contributed by atoms with Crippen LogP contribution in [0.1, 0.15) is 6.23 Å². The zero-order valence-corrected chi connectivity index (χ0v) is 14.7. The fourth-order valence-corrected chi connectivity index (χ4v) is 3.24. The van der Waals surface area contributed by atoms with Crippen molar-refractivity contribution in [2.75, 3.05) is 46.9 Å². The first kappa shape index (κ1) is 17.1. The summed E-state index contributed by atoms with van der Waals surface area (Å²) in [6.07, 6.45) is 2.51. The van der Waals surface area contributed by atoms with Crippen molar-refractivity contribution in [1.29, 1.82) is 0 Å². The van der Waals surface area contributed by atoms with E-state index >= 15 is 0 Å². The third kappa shape index (κ3) is 2.75. The van der Waals surface area contributed by atoms with Crippen LogP contribution in [0.3, 0.4) is 0 Å². The van der Waals surface area contributed by atoms with Crippen LogP contribution in [0.5, 0.6) is 0 Å². The summed E-state index contributed by atoms with van der Waals surface area (Å²) in [4.78, 5) is 10.9. The van der Waals surface area contributed by atoms with Crippen molar-refractivity contribution in [3.8, 4) is 0 Å². The highest BCUT2D eigenvalue weighted by Crippen LogP contribution is 2.36. The molecule has 2 aromatic heterocycles. The van der Waals surface area contributed by atoms with Crippen molar-refractivity contribution in [2.45, 2.75) is 24.5 Å². The third-order valence-corrected chi connectivity index (χ3v) is 4.33. The molecule has 0 amide bonds. The second-order valence-corrected chi connectivity index (χ2v) is 5.97. The molecule has 3 heterocycles. The number of pyridine rings is 1. The van der Waals surface area contributed by atoms with Crippen LogP contribution in [0, 0.1) is 0 Å². The van der Waals surface area contributed by atoms with Crippen molar-refractivity contribution >= 4 is 16.9 Å². The minimum atomic E-state index is -0.345. The molecule has 8 nitrogen and oxygen atoms in total. The molecular weight excluding hydrogens is 312 g/mol. The SMILES string of the molecule is COCC1OC(n2cnc3c(N(C)C)nccc32)C(OC)C1OC. The van der Waals surface area contributed by atoms with Crippen molar-refractivity contribution in [3.63, 3.8) is 0 Å². The summed E-state index contributed by atoms with van der Waals surface area (Å²) in [6.45, 7) is 0.437. The smallest absolute Gasteiger partial charge is 0.164 e. The summed E-state index contributed by atoms with van der Waals surface area (Å²) in [5, 5.41) is 0. The van der Waals surface area contributed by atoms with Gasteiger partial charge in [0.2, 0.25) is 0 Å². The average molecular weight is 336 g/mol. The maximum atomic E-state index is 6.18. The topological polar surface area (TPSA) is 70.9 Å². The normalized spacial score (nSPS) is 27.0. The Hall–Kier alpha value is -1.74. The molecule has 0 radical (unpaired) electrons. The van der Waals surface area contributed by atoms with E-state index in [4.69, 9.17) is 18.9 Å². The zero-order chi connectivity index (χ0) is 17.3. The first-order chi connectivity index (χ1) is 11.6. The lowest BCUT2D eigenvalue weighted by Crippen LogP contribution is -2.36. The van der Waals surface area contributed by atoms with Crippen molar-refractivity contribution in [3.05, 3.63) is 18.6 Å². The highest BCUT2D eigenvalue weighted by molar-refractivity contribution is 5.86. The number of methoxy groups -OCH3 is 3. The Balaban J connectivity index is 2.01. The molecule has 4 atom stereocenters. The second-order valence-electron chi connectivity index (χ2n) is 5.97. The molecule has 4 unspecified atom stereocenters. The molecule has 2 aromatic rings. The van der Waals surface area contributed by atoms with Crippen LogP contribution in [-0.4, -0.2) is 74.9 Å². The Labute approximate surface area is 141 Å². The van der Waals surface area contributed by atoms with Gasteiger partial charge in [-0.1, -0.05) is 0 Å². The molecule has 0 saturated carbocycles. The number of aromatic nitrogens is 3. The van der Waals surface area contributed by atoms with Crippen LogP contribution >= 0.6 is 0 Å². The molecule has 1 fully saturated rings. The largest absolute Gasteiger partial charge is 0.382 e. The number of rotatable bonds is 6. The Kier molecular flexibility index (Phi) is 5.00. The molecule has 1 aliphatic rings. The van der Waals surface area contributed by atoms with Gasteiger partial charge in [-0.25, -0.2) is 9.97 Å². The minimum absolute atomic E-state index is 0.206. The average Bonchev–Trinajstić information content (AvgIpc) is 3.15. The minimum Gasteiger partial charge on any atom is -0.382 e. The van der Waals surface area contributed by atoms with Crippen LogP contribution < -0.4 is 4.90 Å². The van der Waals surface area contributed by atoms with Crippen LogP contribution in [-0.2, 0) is 18.9 Å². The molecule has 132 valence electrons. The summed E-state index contributed by atoms with van der Waals surface area (Å²) in [5.41, 5.74) is 1.76.